The van der Waals surface area contributed by atoms with Gasteiger partial charge < -0.3 is 0 Å². The van der Waals surface area contributed by atoms with E-state index in [0.717, 1.165) is 6.42 Å². The van der Waals surface area contributed by atoms with Gasteiger partial charge in [0.25, 0.3) is 0 Å². The molecule has 1 nitrogen and oxygen atoms in total. The molecule has 0 amide bonds. The third kappa shape index (κ3) is 4.40. The Morgan fingerprint density at radius 3 is 2.38 bits per heavy atom. The van der Waals surface area contributed by atoms with Crippen molar-refractivity contribution in [3.8, 4) is 0 Å². The van der Waals surface area contributed by atoms with Gasteiger partial charge in [-0.15, -0.1) is 0 Å². The number of carbonyl (C=O) groups is 1. The molecule has 0 spiro atoms. The standard InChI is InChI=1S/C14H20OS/c1-11(2)9-13(10-14(15)16-3)12-7-5-4-6-8-12/h4-8,11,13H,9-10H2,1-3H3. The number of benzene rings is 1. The highest BCUT2D eigenvalue weighted by Crippen LogP contribution is 2.28. The lowest BCUT2D eigenvalue weighted by Crippen LogP contribution is -2.07. The molecule has 0 fully saturated rings. The second kappa shape index (κ2) is 6.74. The minimum Gasteiger partial charge on any atom is -0.287 e. The maximum absolute atomic E-state index is 11.5. The van der Waals surface area contributed by atoms with Gasteiger partial charge in [-0.3, -0.25) is 4.79 Å². The van der Waals surface area contributed by atoms with E-state index in [1.165, 1.54) is 17.3 Å². The fourth-order valence-electron chi connectivity index (χ4n) is 1.92. The molecule has 1 rings (SSSR count). The highest BCUT2D eigenvalue weighted by molar-refractivity contribution is 8.13. The van der Waals surface area contributed by atoms with Crippen LogP contribution in [0.1, 0.15) is 38.2 Å². The fraction of sp³-hybridized carbons (Fsp3) is 0.500. The summed E-state index contributed by atoms with van der Waals surface area (Å²) in [5, 5.41) is 0.287. The molecule has 0 aliphatic carbocycles. The molecule has 0 heterocycles. The lowest BCUT2D eigenvalue weighted by molar-refractivity contribution is -0.111. The first kappa shape index (κ1) is 13.3. The molecule has 0 radical (unpaired) electrons. The van der Waals surface area contributed by atoms with Crippen LogP contribution in [0.15, 0.2) is 30.3 Å². The molecule has 0 aliphatic rings. The summed E-state index contributed by atoms with van der Waals surface area (Å²) < 4.78 is 0. The SMILES string of the molecule is CSC(=O)CC(CC(C)C)c1ccccc1. The van der Waals surface area contributed by atoms with E-state index in [1.807, 2.05) is 24.5 Å². The van der Waals surface area contributed by atoms with Crippen molar-refractivity contribution in [1.82, 2.24) is 0 Å². The monoisotopic (exact) mass is 236 g/mol. The van der Waals surface area contributed by atoms with Crippen LogP contribution in [0.2, 0.25) is 0 Å². The minimum atomic E-state index is 0.287. The third-order valence-corrected chi connectivity index (χ3v) is 3.29. The minimum absolute atomic E-state index is 0.287. The Labute approximate surface area is 103 Å². The molecule has 16 heavy (non-hydrogen) atoms. The molecular formula is C14H20OS. The van der Waals surface area contributed by atoms with Gasteiger partial charge in [0.1, 0.15) is 0 Å². The molecule has 0 bridgehead atoms. The van der Waals surface area contributed by atoms with Crippen molar-refractivity contribution in [2.45, 2.75) is 32.6 Å². The molecule has 1 unspecified atom stereocenters. The molecule has 88 valence electrons. The topological polar surface area (TPSA) is 17.1 Å². The molecule has 0 aliphatic heterocycles. The summed E-state index contributed by atoms with van der Waals surface area (Å²) in [5.74, 6) is 1.00. The van der Waals surface area contributed by atoms with Gasteiger partial charge in [0.15, 0.2) is 5.12 Å². The lowest BCUT2D eigenvalue weighted by atomic mass is 9.88. The molecule has 1 aromatic rings. The zero-order chi connectivity index (χ0) is 12.0. The first-order chi connectivity index (χ1) is 7.63. The van der Waals surface area contributed by atoms with Crippen LogP contribution < -0.4 is 0 Å². The van der Waals surface area contributed by atoms with E-state index in [1.54, 1.807) is 0 Å². The predicted molar refractivity (Wildman–Crippen MR) is 71.8 cm³/mol. The van der Waals surface area contributed by atoms with E-state index in [9.17, 15) is 4.79 Å². The Morgan fingerprint density at radius 1 is 1.25 bits per heavy atom. The van der Waals surface area contributed by atoms with Crippen LogP contribution in [-0.4, -0.2) is 11.4 Å². The average molecular weight is 236 g/mol. The summed E-state index contributed by atoms with van der Waals surface area (Å²) >= 11 is 1.34. The quantitative estimate of drug-likeness (QED) is 0.765. The van der Waals surface area contributed by atoms with Crippen molar-refractivity contribution in [3.63, 3.8) is 0 Å². The first-order valence-corrected chi connectivity index (χ1v) is 6.97. The largest absolute Gasteiger partial charge is 0.287 e. The van der Waals surface area contributed by atoms with E-state index in [0.29, 0.717) is 18.3 Å². The van der Waals surface area contributed by atoms with E-state index in [-0.39, 0.29) is 5.12 Å². The summed E-state index contributed by atoms with van der Waals surface area (Å²) in [4.78, 5) is 11.5. The Hall–Kier alpha value is -0.760. The van der Waals surface area contributed by atoms with Gasteiger partial charge in [0.05, 0.1) is 0 Å². The maximum atomic E-state index is 11.5. The van der Waals surface area contributed by atoms with Gasteiger partial charge in [0, 0.05) is 6.42 Å². The lowest BCUT2D eigenvalue weighted by Gasteiger charge is -2.18. The second-order valence-electron chi connectivity index (χ2n) is 4.52. The van der Waals surface area contributed by atoms with Gasteiger partial charge in [-0.25, -0.2) is 0 Å². The Balaban J connectivity index is 2.75. The number of rotatable bonds is 5. The third-order valence-electron chi connectivity index (χ3n) is 2.67. The molecule has 0 saturated carbocycles. The van der Waals surface area contributed by atoms with Crippen LogP contribution in [0.3, 0.4) is 0 Å². The van der Waals surface area contributed by atoms with Gasteiger partial charge in [-0.05, 0) is 30.1 Å². The molecule has 0 aromatic heterocycles. The van der Waals surface area contributed by atoms with E-state index < -0.39 is 0 Å². The zero-order valence-corrected chi connectivity index (χ0v) is 11.1. The smallest absolute Gasteiger partial charge is 0.189 e. The van der Waals surface area contributed by atoms with Crippen molar-refractivity contribution < 1.29 is 4.79 Å². The highest BCUT2D eigenvalue weighted by atomic mass is 32.2. The summed E-state index contributed by atoms with van der Waals surface area (Å²) in [6, 6.07) is 10.4. The van der Waals surface area contributed by atoms with Crippen LogP contribution >= 0.6 is 11.8 Å². The summed E-state index contributed by atoms with van der Waals surface area (Å²) in [7, 11) is 0. The second-order valence-corrected chi connectivity index (χ2v) is 5.38. The number of hydrogen-bond donors (Lipinski definition) is 0. The number of hydrogen-bond acceptors (Lipinski definition) is 2. The Kier molecular flexibility index (Phi) is 5.61. The summed E-state index contributed by atoms with van der Waals surface area (Å²) in [6.45, 7) is 4.42. The van der Waals surface area contributed by atoms with Crippen LogP contribution in [0.4, 0.5) is 0 Å². The molecule has 1 atom stereocenters. The van der Waals surface area contributed by atoms with E-state index in [4.69, 9.17) is 0 Å². The predicted octanol–water partition coefficient (Wildman–Crippen LogP) is 4.10. The van der Waals surface area contributed by atoms with Crippen LogP contribution in [-0.2, 0) is 4.79 Å². The van der Waals surface area contributed by atoms with Gasteiger partial charge in [0.2, 0.25) is 0 Å². The van der Waals surface area contributed by atoms with Crippen molar-refractivity contribution in [3.05, 3.63) is 35.9 Å². The van der Waals surface area contributed by atoms with Gasteiger partial charge in [-0.2, -0.15) is 0 Å². The van der Waals surface area contributed by atoms with Crippen LogP contribution in [0.25, 0.3) is 0 Å². The summed E-state index contributed by atoms with van der Waals surface area (Å²) in [5.41, 5.74) is 1.29. The van der Waals surface area contributed by atoms with E-state index >= 15 is 0 Å². The molecule has 0 saturated heterocycles. The Bertz CT molecular complexity index is 319. The molecule has 0 N–H and O–H groups in total. The van der Waals surface area contributed by atoms with Gasteiger partial charge in [-0.1, -0.05) is 55.9 Å². The fourth-order valence-corrected chi connectivity index (χ4v) is 2.28. The Morgan fingerprint density at radius 2 is 1.88 bits per heavy atom. The highest BCUT2D eigenvalue weighted by Gasteiger charge is 2.16. The molecule has 2 heteroatoms. The van der Waals surface area contributed by atoms with E-state index in [2.05, 4.69) is 26.0 Å². The first-order valence-electron chi connectivity index (χ1n) is 5.75. The van der Waals surface area contributed by atoms with Crippen molar-refractivity contribution in [2.75, 3.05) is 6.26 Å². The number of carbonyl (C=O) groups excluding carboxylic acids is 1. The van der Waals surface area contributed by atoms with Crippen LogP contribution in [0.5, 0.6) is 0 Å². The van der Waals surface area contributed by atoms with Crippen LogP contribution in [0, 0.1) is 5.92 Å². The van der Waals surface area contributed by atoms with Gasteiger partial charge >= 0.3 is 0 Å². The molecule has 1 aromatic carbocycles. The normalized spacial score (nSPS) is 12.8. The summed E-state index contributed by atoms with van der Waals surface area (Å²) in [6.07, 6.45) is 3.60. The van der Waals surface area contributed by atoms with Crippen molar-refractivity contribution in [2.24, 2.45) is 5.92 Å². The van der Waals surface area contributed by atoms with Crippen molar-refractivity contribution in [1.29, 1.82) is 0 Å². The van der Waals surface area contributed by atoms with Crippen molar-refractivity contribution >= 4 is 16.9 Å². The maximum Gasteiger partial charge on any atom is 0.189 e. The molecular weight excluding hydrogens is 216 g/mol. The zero-order valence-electron chi connectivity index (χ0n) is 10.3. The number of thioether (sulfide) groups is 1. The average Bonchev–Trinajstić information content (AvgIpc) is 2.28.